The number of carbonyl (C=O) groups excluding carboxylic acids is 2. The van der Waals surface area contributed by atoms with E-state index in [2.05, 4.69) is 20.6 Å². The van der Waals surface area contributed by atoms with Crippen LogP contribution in [0.4, 0.5) is 10.1 Å². The number of carbonyl (C=O) groups is 2. The Labute approximate surface area is 223 Å². The molecule has 1 heterocycles. The topological polar surface area (TPSA) is 105 Å². The maximum Gasteiger partial charge on any atom is 0.263 e. The summed E-state index contributed by atoms with van der Waals surface area (Å²) in [4.78, 5) is 25.8. The van der Waals surface area contributed by atoms with E-state index in [4.69, 9.17) is 9.47 Å². The second-order valence-corrected chi connectivity index (χ2v) is 9.10. The quantitative estimate of drug-likeness (QED) is 0.321. The number of nitrogens with zero attached hydrogens (tertiary/aromatic N) is 4. The maximum atomic E-state index is 13.2. The SMILES string of the molecule is COc1ccc(/C=N\N=C2/S[C@H](CC(=O)Nc3ccc(F)cc3)C(=O)N2/N=C\c2ccc(OC)cc2)cc1. The number of ether oxygens (including phenoxy) is 2. The Morgan fingerprint density at radius 2 is 1.53 bits per heavy atom. The molecule has 194 valence electrons. The number of amides is 2. The highest BCUT2D eigenvalue weighted by atomic mass is 32.2. The number of anilines is 1. The molecule has 0 spiro atoms. The van der Waals surface area contributed by atoms with Gasteiger partial charge in [0.05, 0.1) is 26.6 Å². The molecule has 1 fully saturated rings. The predicted octanol–water partition coefficient (Wildman–Crippen LogP) is 4.54. The van der Waals surface area contributed by atoms with Gasteiger partial charge in [-0.05, 0) is 83.9 Å². The van der Waals surface area contributed by atoms with Crippen LogP contribution in [0.1, 0.15) is 17.5 Å². The molecule has 3 aromatic carbocycles. The molecule has 11 heteroatoms. The van der Waals surface area contributed by atoms with Crippen molar-refractivity contribution in [1.29, 1.82) is 0 Å². The largest absolute Gasteiger partial charge is 0.497 e. The minimum Gasteiger partial charge on any atom is -0.497 e. The number of hydrogen-bond donors (Lipinski definition) is 1. The van der Waals surface area contributed by atoms with Crippen LogP contribution in [0.2, 0.25) is 0 Å². The highest BCUT2D eigenvalue weighted by Gasteiger charge is 2.39. The standard InChI is InChI=1S/C27H24FN5O4S/c1-36-22-11-3-18(4-12-22)16-29-32-27-33(30-17-19-5-13-23(37-2)14-6-19)26(35)24(38-27)15-25(34)31-21-9-7-20(28)8-10-21/h3-14,16-17,24H,15H2,1-2H3,(H,31,34)/b29-16-,30-17-,32-27-/t24-/m1/s1. The van der Waals surface area contributed by atoms with E-state index in [1.165, 1.54) is 36.7 Å². The Balaban J connectivity index is 1.51. The van der Waals surface area contributed by atoms with E-state index in [1.54, 1.807) is 50.6 Å². The van der Waals surface area contributed by atoms with E-state index in [1.807, 2.05) is 12.1 Å². The summed E-state index contributed by atoms with van der Waals surface area (Å²) < 4.78 is 23.5. The third kappa shape index (κ3) is 7.04. The molecule has 1 saturated heterocycles. The van der Waals surface area contributed by atoms with Crippen molar-refractivity contribution in [3.63, 3.8) is 0 Å². The molecule has 38 heavy (non-hydrogen) atoms. The molecule has 4 rings (SSSR count). The average molecular weight is 534 g/mol. The van der Waals surface area contributed by atoms with Crippen LogP contribution in [0.15, 0.2) is 88.1 Å². The molecule has 0 saturated carbocycles. The number of rotatable bonds is 9. The number of thioether (sulfide) groups is 1. The van der Waals surface area contributed by atoms with Crippen LogP contribution in [0.5, 0.6) is 11.5 Å². The summed E-state index contributed by atoms with van der Waals surface area (Å²) in [5.74, 6) is 0.186. The Morgan fingerprint density at radius 3 is 2.11 bits per heavy atom. The molecule has 0 aliphatic carbocycles. The van der Waals surface area contributed by atoms with Gasteiger partial charge in [-0.15, -0.1) is 5.10 Å². The van der Waals surface area contributed by atoms with Crippen molar-refractivity contribution < 1.29 is 23.5 Å². The fourth-order valence-electron chi connectivity index (χ4n) is 3.32. The van der Waals surface area contributed by atoms with Gasteiger partial charge in [-0.1, -0.05) is 11.8 Å². The van der Waals surface area contributed by atoms with Gasteiger partial charge in [0, 0.05) is 12.1 Å². The Bertz CT molecular complexity index is 1360. The summed E-state index contributed by atoms with van der Waals surface area (Å²) in [5, 5.41) is 15.9. The number of halogens is 1. The highest BCUT2D eigenvalue weighted by molar-refractivity contribution is 8.15. The van der Waals surface area contributed by atoms with Crippen LogP contribution in [-0.2, 0) is 9.59 Å². The van der Waals surface area contributed by atoms with Gasteiger partial charge >= 0.3 is 0 Å². The normalized spacial score (nSPS) is 16.5. The molecule has 1 atom stereocenters. The zero-order valence-electron chi connectivity index (χ0n) is 20.6. The van der Waals surface area contributed by atoms with Crippen molar-refractivity contribution in [2.75, 3.05) is 19.5 Å². The number of nitrogens with one attached hydrogen (secondary N) is 1. The van der Waals surface area contributed by atoms with Crippen LogP contribution >= 0.6 is 11.8 Å². The van der Waals surface area contributed by atoms with Crippen LogP contribution in [0.3, 0.4) is 0 Å². The summed E-state index contributed by atoms with van der Waals surface area (Å²) in [7, 11) is 3.16. The predicted molar refractivity (Wildman–Crippen MR) is 146 cm³/mol. The molecule has 0 aromatic heterocycles. The lowest BCUT2D eigenvalue weighted by molar-refractivity contribution is -0.128. The van der Waals surface area contributed by atoms with E-state index in [0.29, 0.717) is 17.2 Å². The molecule has 0 unspecified atom stereocenters. The minimum absolute atomic E-state index is 0.128. The molecule has 2 amide bonds. The van der Waals surface area contributed by atoms with Crippen molar-refractivity contribution in [3.8, 4) is 11.5 Å². The van der Waals surface area contributed by atoms with Crippen LogP contribution < -0.4 is 14.8 Å². The monoisotopic (exact) mass is 533 g/mol. The third-order valence-corrected chi connectivity index (χ3v) is 6.43. The van der Waals surface area contributed by atoms with E-state index in [9.17, 15) is 14.0 Å². The number of methoxy groups -OCH3 is 2. The van der Waals surface area contributed by atoms with Gasteiger partial charge in [-0.25, -0.2) is 4.39 Å². The van der Waals surface area contributed by atoms with Crippen molar-refractivity contribution in [2.45, 2.75) is 11.7 Å². The van der Waals surface area contributed by atoms with Crippen LogP contribution in [0, 0.1) is 5.82 Å². The Morgan fingerprint density at radius 1 is 0.947 bits per heavy atom. The lowest BCUT2D eigenvalue weighted by Crippen LogP contribution is -2.29. The van der Waals surface area contributed by atoms with E-state index in [-0.39, 0.29) is 11.6 Å². The zero-order valence-corrected chi connectivity index (χ0v) is 21.4. The van der Waals surface area contributed by atoms with Gasteiger partial charge in [0.15, 0.2) is 0 Å². The summed E-state index contributed by atoms with van der Waals surface area (Å²) in [5.41, 5.74) is 1.95. The van der Waals surface area contributed by atoms with Crippen LogP contribution in [-0.4, -0.2) is 53.9 Å². The molecular weight excluding hydrogens is 509 g/mol. The zero-order chi connectivity index (χ0) is 26.9. The van der Waals surface area contributed by atoms with E-state index >= 15 is 0 Å². The number of hydrazone groups is 1. The van der Waals surface area contributed by atoms with Gasteiger partial charge < -0.3 is 14.8 Å². The van der Waals surface area contributed by atoms with Gasteiger partial charge in [0.25, 0.3) is 5.91 Å². The van der Waals surface area contributed by atoms with Crippen molar-refractivity contribution in [1.82, 2.24) is 5.01 Å². The lowest BCUT2D eigenvalue weighted by atomic mass is 10.2. The summed E-state index contributed by atoms with van der Waals surface area (Å²) in [6, 6.07) is 19.7. The van der Waals surface area contributed by atoms with Crippen molar-refractivity contribution in [3.05, 3.63) is 89.7 Å². The second kappa shape index (κ2) is 12.6. The third-order valence-electron chi connectivity index (χ3n) is 5.32. The Hall–Kier alpha value is -4.51. The molecule has 1 aliphatic rings. The first-order chi connectivity index (χ1) is 18.4. The second-order valence-electron chi connectivity index (χ2n) is 7.93. The van der Waals surface area contributed by atoms with Gasteiger partial charge in [0.1, 0.15) is 22.6 Å². The summed E-state index contributed by atoms with van der Waals surface area (Å²) in [6.07, 6.45) is 2.93. The fraction of sp³-hybridized carbons (Fsp3) is 0.148. The number of hydrogen-bond acceptors (Lipinski definition) is 8. The Kier molecular flexibility index (Phi) is 8.83. The molecule has 1 N–H and O–H groups in total. The molecular formula is C27H24FN5O4S. The molecule has 0 radical (unpaired) electrons. The van der Waals surface area contributed by atoms with E-state index in [0.717, 1.165) is 27.9 Å². The first-order valence-electron chi connectivity index (χ1n) is 11.4. The number of benzene rings is 3. The average Bonchev–Trinajstić information content (AvgIpc) is 3.22. The first-order valence-corrected chi connectivity index (χ1v) is 12.3. The lowest BCUT2D eigenvalue weighted by Gasteiger charge is -2.09. The molecule has 9 nitrogen and oxygen atoms in total. The fourth-order valence-corrected chi connectivity index (χ4v) is 4.34. The van der Waals surface area contributed by atoms with Gasteiger partial charge in [-0.2, -0.15) is 15.2 Å². The van der Waals surface area contributed by atoms with E-state index < -0.39 is 22.9 Å². The minimum atomic E-state index is -0.765. The summed E-state index contributed by atoms with van der Waals surface area (Å²) >= 11 is 1.09. The highest BCUT2D eigenvalue weighted by Crippen LogP contribution is 2.30. The summed E-state index contributed by atoms with van der Waals surface area (Å²) in [6.45, 7) is 0. The first kappa shape index (κ1) is 26.6. The molecule has 1 aliphatic heterocycles. The number of amidine groups is 1. The van der Waals surface area contributed by atoms with Gasteiger partial charge in [0.2, 0.25) is 11.1 Å². The van der Waals surface area contributed by atoms with Crippen molar-refractivity contribution in [2.24, 2.45) is 15.3 Å². The van der Waals surface area contributed by atoms with Gasteiger partial charge in [-0.3, -0.25) is 9.59 Å². The molecule has 3 aromatic rings. The maximum absolute atomic E-state index is 13.2. The van der Waals surface area contributed by atoms with Crippen LogP contribution in [0.25, 0.3) is 0 Å². The molecule has 0 bridgehead atoms. The smallest absolute Gasteiger partial charge is 0.263 e. The van der Waals surface area contributed by atoms with Crippen molar-refractivity contribution >= 4 is 46.9 Å².